The molecule has 0 unspecified atom stereocenters. The van der Waals surface area contributed by atoms with Crippen molar-refractivity contribution >= 4 is 5.82 Å². The lowest BCUT2D eigenvalue weighted by Gasteiger charge is -2.09. The van der Waals surface area contributed by atoms with Crippen LogP contribution in [0.3, 0.4) is 0 Å². The van der Waals surface area contributed by atoms with E-state index >= 15 is 0 Å². The summed E-state index contributed by atoms with van der Waals surface area (Å²) in [4.78, 5) is 8.81. The lowest BCUT2D eigenvalue weighted by atomic mass is 10.1. The van der Waals surface area contributed by atoms with E-state index in [9.17, 15) is 0 Å². The van der Waals surface area contributed by atoms with E-state index in [1.54, 1.807) is 0 Å². The van der Waals surface area contributed by atoms with Crippen LogP contribution in [0, 0.1) is 13.8 Å². The van der Waals surface area contributed by atoms with Gasteiger partial charge in [0.1, 0.15) is 11.6 Å². The van der Waals surface area contributed by atoms with Gasteiger partial charge in [0, 0.05) is 16.8 Å². The minimum atomic E-state index is 0.530. The van der Waals surface area contributed by atoms with Gasteiger partial charge in [-0.05, 0) is 32.4 Å². The fourth-order valence-electron chi connectivity index (χ4n) is 1.72. The molecule has 4 nitrogen and oxygen atoms in total. The van der Waals surface area contributed by atoms with Crippen LogP contribution in [-0.4, -0.2) is 16.6 Å². The van der Waals surface area contributed by atoms with Crippen LogP contribution in [0.5, 0.6) is 5.75 Å². The second kappa shape index (κ2) is 5.69. The number of hydrogen-bond acceptors (Lipinski definition) is 4. The van der Waals surface area contributed by atoms with E-state index in [4.69, 9.17) is 10.5 Å². The zero-order chi connectivity index (χ0) is 13.8. The number of hydrogen-bond donors (Lipinski definition) is 1. The summed E-state index contributed by atoms with van der Waals surface area (Å²) in [5.41, 5.74) is 8.65. The molecule has 0 radical (unpaired) electrons. The number of nitrogen functional groups attached to an aromatic ring is 1. The molecule has 1 aromatic carbocycles. The van der Waals surface area contributed by atoms with Gasteiger partial charge in [0.25, 0.3) is 0 Å². The van der Waals surface area contributed by atoms with Gasteiger partial charge in [0.2, 0.25) is 0 Å². The van der Waals surface area contributed by atoms with Crippen LogP contribution in [-0.2, 0) is 0 Å². The zero-order valence-electron chi connectivity index (χ0n) is 11.6. The molecule has 19 heavy (non-hydrogen) atoms. The molecule has 2 aromatic rings. The number of aryl methyl sites for hydroxylation is 1. The Hall–Kier alpha value is -2.10. The molecule has 0 aliphatic heterocycles. The molecular formula is C15H19N3O. The Balaban J connectivity index is 2.36. The molecule has 0 aliphatic rings. The van der Waals surface area contributed by atoms with Crippen molar-refractivity contribution in [1.29, 1.82) is 0 Å². The van der Waals surface area contributed by atoms with Crippen LogP contribution in [0.15, 0.2) is 24.3 Å². The summed E-state index contributed by atoms with van der Waals surface area (Å²) in [6.07, 6.45) is 0.983. The third kappa shape index (κ3) is 3.02. The average molecular weight is 257 g/mol. The van der Waals surface area contributed by atoms with E-state index in [2.05, 4.69) is 16.9 Å². The van der Waals surface area contributed by atoms with E-state index in [-0.39, 0.29) is 0 Å². The molecule has 2 rings (SSSR count). The predicted octanol–water partition coefficient (Wildman–Crippen LogP) is 3.13. The van der Waals surface area contributed by atoms with Crippen LogP contribution in [0.4, 0.5) is 5.82 Å². The number of rotatable bonds is 4. The third-order valence-electron chi connectivity index (χ3n) is 2.99. The monoisotopic (exact) mass is 257 g/mol. The van der Waals surface area contributed by atoms with Crippen LogP contribution < -0.4 is 10.5 Å². The lowest BCUT2D eigenvalue weighted by Crippen LogP contribution is -2.02. The van der Waals surface area contributed by atoms with E-state index in [1.165, 1.54) is 0 Å². The Bertz CT molecular complexity index is 558. The molecule has 2 N–H and O–H groups in total. The molecule has 0 spiro atoms. The van der Waals surface area contributed by atoms with Crippen molar-refractivity contribution in [2.24, 2.45) is 0 Å². The van der Waals surface area contributed by atoms with Crippen molar-refractivity contribution in [3.63, 3.8) is 0 Å². The summed E-state index contributed by atoms with van der Waals surface area (Å²) in [5, 5.41) is 0. The quantitative estimate of drug-likeness (QED) is 0.914. The molecule has 0 aliphatic carbocycles. The second-order valence-corrected chi connectivity index (χ2v) is 4.52. The summed E-state index contributed by atoms with van der Waals surface area (Å²) >= 11 is 0. The van der Waals surface area contributed by atoms with Crippen molar-refractivity contribution in [1.82, 2.24) is 9.97 Å². The Labute approximate surface area is 113 Å². The number of benzene rings is 1. The van der Waals surface area contributed by atoms with E-state index < -0.39 is 0 Å². The molecule has 4 heteroatoms. The van der Waals surface area contributed by atoms with Gasteiger partial charge in [0.05, 0.1) is 6.61 Å². The van der Waals surface area contributed by atoms with E-state index in [0.29, 0.717) is 18.2 Å². The Morgan fingerprint density at radius 1 is 1.21 bits per heavy atom. The molecule has 0 saturated carbocycles. The number of nitrogens with zero attached hydrogens (tertiary/aromatic N) is 2. The molecule has 0 fully saturated rings. The van der Waals surface area contributed by atoms with Gasteiger partial charge >= 0.3 is 0 Å². The van der Waals surface area contributed by atoms with Gasteiger partial charge in [-0.15, -0.1) is 0 Å². The Kier molecular flexibility index (Phi) is 4.00. The highest BCUT2D eigenvalue weighted by atomic mass is 16.5. The summed E-state index contributed by atoms with van der Waals surface area (Å²) in [6, 6.07) is 7.78. The topological polar surface area (TPSA) is 61.0 Å². The fourth-order valence-corrected chi connectivity index (χ4v) is 1.72. The molecule has 100 valence electrons. The first-order valence-electron chi connectivity index (χ1n) is 6.45. The SMILES string of the molecule is CCCOc1cccc(-c2nc(C)c(C)c(N)n2)c1. The van der Waals surface area contributed by atoms with Crippen molar-refractivity contribution in [3.05, 3.63) is 35.5 Å². The molecule has 0 atom stereocenters. The van der Waals surface area contributed by atoms with Gasteiger partial charge in [-0.3, -0.25) is 0 Å². The molecular weight excluding hydrogens is 238 g/mol. The van der Waals surface area contributed by atoms with Crippen molar-refractivity contribution in [3.8, 4) is 17.1 Å². The Morgan fingerprint density at radius 3 is 2.68 bits per heavy atom. The minimum Gasteiger partial charge on any atom is -0.494 e. The standard InChI is InChI=1S/C15H19N3O/c1-4-8-19-13-7-5-6-12(9-13)15-17-11(3)10(2)14(16)18-15/h5-7,9H,4,8H2,1-3H3,(H2,16,17,18). The average Bonchev–Trinajstić information content (AvgIpc) is 2.42. The van der Waals surface area contributed by atoms with Crippen molar-refractivity contribution in [2.45, 2.75) is 27.2 Å². The largest absolute Gasteiger partial charge is 0.494 e. The van der Waals surface area contributed by atoms with Crippen LogP contribution in [0.25, 0.3) is 11.4 Å². The van der Waals surface area contributed by atoms with Crippen LogP contribution >= 0.6 is 0 Å². The number of nitrogens with two attached hydrogens (primary N) is 1. The maximum absolute atomic E-state index is 5.89. The summed E-state index contributed by atoms with van der Waals surface area (Å²) in [7, 11) is 0. The highest BCUT2D eigenvalue weighted by Gasteiger charge is 2.08. The van der Waals surface area contributed by atoms with Crippen molar-refractivity contribution < 1.29 is 4.74 Å². The smallest absolute Gasteiger partial charge is 0.161 e. The van der Waals surface area contributed by atoms with Gasteiger partial charge in [-0.25, -0.2) is 9.97 Å². The first-order chi connectivity index (χ1) is 9.11. The third-order valence-corrected chi connectivity index (χ3v) is 2.99. The van der Waals surface area contributed by atoms with E-state index in [1.807, 2.05) is 38.1 Å². The molecule has 0 bridgehead atoms. The molecule has 0 amide bonds. The maximum Gasteiger partial charge on any atom is 0.161 e. The van der Waals surface area contributed by atoms with Gasteiger partial charge in [0.15, 0.2) is 5.82 Å². The van der Waals surface area contributed by atoms with E-state index in [0.717, 1.165) is 29.0 Å². The summed E-state index contributed by atoms with van der Waals surface area (Å²) in [5.74, 6) is 2.00. The second-order valence-electron chi connectivity index (χ2n) is 4.52. The number of ether oxygens (including phenoxy) is 1. The first-order valence-corrected chi connectivity index (χ1v) is 6.45. The maximum atomic E-state index is 5.89. The summed E-state index contributed by atoms with van der Waals surface area (Å²) < 4.78 is 5.61. The lowest BCUT2D eigenvalue weighted by molar-refractivity contribution is 0.317. The minimum absolute atomic E-state index is 0.530. The number of anilines is 1. The normalized spacial score (nSPS) is 10.5. The molecule has 1 aromatic heterocycles. The summed E-state index contributed by atoms with van der Waals surface area (Å²) in [6.45, 7) is 6.65. The molecule has 1 heterocycles. The van der Waals surface area contributed by atoms with Gasteiger partial charge < -0.3 is 10.5 Å². The van der Waals surface area contributed by atoms with Gasteiger partial charge in [-0.1, -0.05) is 19.1 Å². The van der Waals surface area contributed by atoms with Crippen LogP contribution in [0.2, 0.25) is 0 Å². The fraction of sp³-hybridized carbons (Fsp3) is 0.333. The number of aromatic nitrogens is 2. The van der Waals surface area contributed by atoms with Gasteiger partial charge in [-0.2, -0.15) is 0 Å². The Morgan fingerprint density at radius 2 is 2.00 bits per heavy atom. The zero-order valence-corrected chi connectivity index (χ0v) is 11.6. The predicted molar refractivity (Wildman–Crippen MR) is 77.1 cm³/mol. The highest BCUT2D eigenvalue weighted by Crippen LogP contribution is 2.23. The van der Waals surface area contributed by atoms with Crippen LogP contribution in [0.1, 0.15) is 24.6 Å². The molecule has 0 saturated heterocycles. The highest BCUT2D eigenvalue weighted by molar-refractivity contribution is 5.60. The first kappa shape index (κ1) is 13.3. The van der Waals surface area contributed by atoms with Crippen molar-refractivity contribution in [2.75, 3.05) is 12.3 Å².